The molecule has 0 aliphatic carbocycles. The number of nitrogens with zero attached hydrogens (tertiary/aromatic N) is 1. The summed E-state index contributed by atoms with van der Waals surface area (Å²) in [6.45, 7) is 0. The number of nitrogens with one attached hydrogen (secondary N) is 4. The molecule has 0 unspecified atom stereocenters. The van der Waals surface area contributed by atoms with Crippen molar-refractivity contribution in [2.45, 2.75) is 0 Å². The van der Waals surface area contributed by atoms with Gasteiger partial charge in [0.15, 0.2) is 0 Å². The number of ether oxygens (including phenoxy) is 2. The van der Waals surface area contributed by atoms with Gasteiger partial charge >= 0.3 is 6.03 Å². The minimum atomic E-state index is -0.501. The molecule has 31 heavy (non-hydrogen) atoms. The van der Waals surface area contributed by atoms with Crippen molar-refractivity contribution in [3.8, 4) is 17.2 Å². The van der Waals surface area contributed by atoms with E-state index in [1.807, 2.05) is 0 Å². The van der Waals surface area contributed by atoms with Gasteiger partial charge in [-0.05, 0) is 48.5 Å². The average molecular weight is 442 g/mol. The highest BCUT2D eigenvalue weighted by Crippen LogP contribution is 2.27. The second-order valence-corrected chi connectivity index (χ2v) is 6.57. The Morgan fingerprint density at radius 3 is 2.48 bits per heavy atom. The number of pyridine rings is 1. The lowest BCUT2D eigenvalue weighted by atomic mass is 10.3. The Kier molecular flexibility index (Phi) is 7.13. The second kappa shape index (κ2) is 10.2. The number of benzene rings is 2. The first-order valence-corrected chi connectivity index (χ1v) is 9.49. The molecule has 0 atom stereocenters. The van der Waals surface area contributed by atoms with E-state index >= 15 is 0 Å². The molecule has 0 aliphatic rings. The molecule has 3 rings (SSSR count). The van der Waals surface area contributed by atoms with E-state index in [1.165, 1.54) is 20.4 Å². The largest absolute Gasteiger partial charge is 0.495 e. The van der Waals surface area contributed by atoms with Crippen molar-refractivity contribution in [1.82, 2.24) is 15.7 Å². The number of methoxy groups -OCH3 is 1. The molecule has 1 heterocycles. The van der Waals surface area contributed by atoms with E-state index in [0.717, 1.165) is 0 Å². The third-order valence-electron chi connectivity index (χ3n) is 4.01. The van der Waals surface area contributed by atoms with Crippen molar-refractivity contribution in [3.63, 3.8) is 0 Å². The minimum Gasteiger partial charge on any atom is -0.495 e. The Labute approximate surface area is 183 Å². The third-order valence-corrected chi connectivity index (χ3v) is 4.25. The summed E-state index contributed by atoms with van der Waals surface area (Å²) in [5, 5.41) is 5.63. The van der Waals surface area contributed by atoms with Crippen molar-refractivity contribution < 1.29 is 19.1 Å². The van der Waals surface area contributed by atoms with E-state index < -0.39 is 6.03 Å². The number of hydrogen-bond donors (Lipinski definition) is 4. The van der Waals surface area contributed by atoms with Gasteiger partial charge in [-0.1, -0.05) is 11.6 Å². The average Bonchev–Trinajstić information content (AvgIpc) is 2.78. The molecule has 160 valence electrons. The number of amides is 3. The first-order chi connectivity index (χ1) is 15.0. The SMILES string of the molecule is CNC(=O)c1cc(Oc2ccc(NNC(=O)Nc3cc(Cl)ccc3OC)cc2)ccn1. The smallest absolute Gasteiger partial charge is 0.337 e. The highest BCUT2D eigenvalue weighted by molar-refractivity contribution is 6.31. The lowest BCUT2D eigenvalue weighted by molar-refractivity contribution is 0.0958. The molecule has 1 aromatic heterocycles. The number of carbonyl (C=O) groups excluding carboxylic acids is 2. The number of anilines is 2. The molecule has 2 aromatic carbocycles. The van der Waals surface area contributed by atoms with E-state index in [9.17, 15) is 9.59 Å². The van der Waals surface area contributed by atoms with Gasteiger partial charge < -0.3 is 20.1 Å². The van der Waals surface area contributed by atoms with Gasteiger partial charge in [0.25, 0.3) is 5.91 Å². The summed E-state index contributed by atoms with van der Waals surface area (Å²) in [4.78, 5) is 27.8. The molecule has 0 bridgehead atoms. The van der Waals surface area contributed by atoms with Crippen LogP contribution in [0.2, 0.25) is 5.02 Å². The van der Waals surface area contributed by atoms with Gasteiger partial charge in [0, 0.05) is 24.3 Å². The molecule has 3 aromatic rings. The summed E-state index contributed by atoms with van der Waals surface area (Å²) in [7, 11) is 3.03. The van der Waals surface area contributed by atoms with Crippen molar-refractivity contribution in [1.29, 1.82) is 0 Å². The normalized spacial score (nSPS) is 10.0. The van der Waals surface area contributed by atoms with Gasteiger partial charge in [-0.2, -0.15) is 0 Å². The molecule has 10 heteroatoms. The number of hydrazine groups is 1. The zero-order valence-corrected chi connectivity index (χ0v) is 17.5. The van der Waals surface area contributed by atoms with Crippen LogP contribution in [0.3, 0.4) is 0 Å². The van der Waals surface area contributed by atoms with Crippen molar-refractivity contribution in [3.05, 3.63) is 71.5 Å². The van der Waals surface area contributed by atoms with Gasteiger partial charge in [0.1, 0.15) is 22.9 Å². The van der Waals surface area contributed by atoms with Crippen LogP contribution >= 0.6 is 11.6 Å². The van der Waals surface area contributed by atoms with Gasteiger partial charge in [-0.3, -0.25) is 20.6 Å². The highest BCUT2D eigenvalue weighted by atomic mass is 35.5. The Balaban J connectivity index is 1.56. The molecule has 0 saturated carbocycles. The lowest BCUT2D eigenvalue weighted by Gasteiger charge is -2.13. The molecular weight excluding hydrogens is 422 g/mol. The summed E-state index contributed by atoms with van der Waals surface area (Å²) >= 11 is 5.96. The van der Waals surface area contributed by atoms with Gasteiger partial charge in [-0.15, -0.1) is 0 Å². The molecule has 4 N–H and O–H groups in total. The predicted octanol–water partition coefficient (Wildman–Crippen LogP) is 4.04. The van der Waals surface area contributed by atoms with Crippen molar-refractivity contribution in [2.75, 3.05) is 24.9 Å². The van der Waals surface area contributed by atoms with Crippen LogP contribution in [0.4, 0.5) is 16.2 Å². The second-order valence-electron chi connectivity index (χ2n) is 6.13. The standard InChI is InChI=1S/C21H20ClN5O4/c1-23-20(28)18-12-16(9-10-24-18)31-15-6-4-14(5-7-15)26-27-21(29)25-17-11-13(22)3-8-19(17)30-2/h3-12,26H,1-2H3,(H,23,28)(H2,25,27,29). The Hall–Kier alpha value is -3.98. The Bertz CT molecular complexity index is 1080. The van der Waals surface area contributed by atoms with Gasteiger partial charge in [0.2, 0.25) is 0 Å². The van der Waals surface area contributed by atoms with Crippen molar-refractivity contribution >= 4 is 34.9 Å². The first-order valence-electron chi connectivity index (χ1n) is 9.11. The number of hydrogen-bond acceptors (Lipinski definition) is 6. The van der Waals surface area contributed by atoms with Crippen LogP contribution in [-0.4, -0.2) is 31.1 Å². The maximum absolute atomic E-state index is 12.1. The summed E-state index contributed by atoms with van der Waals surface area (Å²) in [5.41, 5.74) is 6.62. The fraction of sp³-hybridized carbons (Fsp3) is 0.0952. The summed E-state index contributed by atoms with van der Waals surface area (Å²) in [6.07, 6.45) is 1.49. The molecular formula is C21H20ClN5O4. The molecule has 0 spiro atoms. The van der Waals surface area contributed by atoms with Crippen LogP contribution in [0.15, 0.2) is 60.8 Å². The maximum Gasteiger partial charge on any atom is 0.337 e. The molecule has 0 aliphatic heterocycles. The number of aromatic nitrogens is 1. The van der Waals surface area contributed by atoms with Gasteiger partial charge in [-0.25, -0.2) is 4.79 Å². The summed E-state index contributed by atoms with van der Waals surface area (Å²) < 4.78 is 10.9. The van der Waals surface area contributed by atoms with Crippen LogP contribution in [0.1, 0.15) is 10.5 Å². The van der Waals surface area contributed by atoms with E-state index in [2.05, 4.69) is 26.5 Å². The topological polar surface area (TPSA) is 114 Å². The predicted molar refractivity (Wildman–Crippen MR) is 118 cm³/mol. The molecule has 9 nitrogen and oxygen atoms in total. The van der Waals surface area contributed by atoms with Crippen LogP contribution in [0.5, 0.6) is 17.2 Å². The first kappa shape index (κ1) is 21.7. The number of halogens is 1. The zero-order chi connectivity index (χ0) is 22.2. The molecule has 0 saturated heterocycles. The van der Waals surface area contributed by atoms with Crippen LogP contribution in [0.25, 0.3) is 0 Å². The maximum atomic E-state index is 12.1. The van der Waals surface area contributed by atoms with E-state index in [1.54, 1.807) is 54.6 Å². The van der Waals surface area contributed by atoms with Crippen LogP contribution < -0.4 is 31.0 Å². The highest BCUT2D eigenvalue weighted by Gasteiger charge is 2.09. The van der Waals surface area contributed by atoms with Gasteiger partial charge in [0.05, 0.1) is 18.5 Å². The molecule has 0 fully saturated rings. The summed E-state index contributed by atoms with van der Waals surface area (Å²) in [5.74, 6) is 1.21. The number of rotatable bonds is 7. The van der Waals surface area contributed by atoms with Crippen LogP contribution in [0, 0.1) is 0 Å². The Morgan fingerprint density at radius 2 is 1.77 bits per heavy atom. The third kappa shape index (κ3) is 6.00. The zero-order valence-electron chi connectivity index (χ0n) is 16.7. The molecule has 3 amide bonds. The van der Waals surface area contributed by atoms with Crippen molar-refractivity contribution in [2.24, 2.45) is 0 Å². The Morgan fingerprint density at radius 1 is 1.00 bits per heavy atom. The minimum absolute atomic E-state index is 0.254. The summed E-state index contributed by atoms with van der Waals surface area (Å²) in [6, 6.07) is 14.5. The number of carbonyl (C=O) groups is 2. The quantitative estimate of drug-likeness (QED) is 0.411. The fourth-order valence-corrected chi connectivity index (χ4v) is 2.70. The monoisotopic (exact) mass is 441 g/mol. The number of urea groups is 1. The van der Waals surface area contributed by atoms with E-state index in [-0.39, 0.29) is 11.6 Å². The van der Waals surface area contributed by atoms with E-state index in [0.29, 0.717) is 33.6 Å². The van der Waals surface area contributed by atoms with E-state index in [4.69, 9.17) is 21.1 Å². The molecule has 0 radical (unpaired) electrons. The van der Waals surface area contributed by atoms with Crippen LogP contribution in [-0.2, 0) is 0 Å². The lowest BCUT2D eigenvalue weighted by Crippen LogP contribution is -2.33. The fourth-order valence-electron chi connectivity index (χ4n) is 2.53.